The number of carbonyl (C=O) groups is 1. The highest BCUT2D eigenvalue weighted by atomic mass is 16.5. The molecule has 1 amide bonds. The van der Waals surface area contributed by atoms with E-state index < -0.39 is 5.60 Å². The number of carbonyl (C=O) groups excluding carboxylic acids is 1. The smallest absolute Gasteiger partial charge is 0.256 e. The summed E-state index contributed by atoms with van der Waals surface area (Å²) in [4.78, 5) is 12.2. The molecular weight excluding hydrogens is 240 g/mol. The lowest BCUT2D eigenvalue weighted by molar-refractivity contribution is -0.136. The fourth-order valence-corrected chi connectivity index (χ4v) is 1.50. The van der Waals surface area contributed by atoms with Crippen LogP contribution in [0.15, 0.2) is 24.3 Å². The number of benzene rings is 1. The molecule has 0 bridgehead atoms. The lowest BCUT2D eigenvalue weighted by Gasteiger charge is -2.25. The van der Waals surface area contributed by atoms with Gasteiger partial charge in [-0.2, -0.15) is 0 Å². The fourth-order valence-electron chi connectivity index (χ4n) is 1.50. The highest BCUT2D eigenvalue weighted by Crippen LogP contribution is 2.19. The van der Waals surface area contributed by atoms with Crippen molar-refractivity contribution in [3.05, 3.63) is 29.8 Å². The summed E-state index contributed by atoms with van der Waals surface area (Å²) in [6.45, 7) is 3.95. The van der Waals surface area contributed by atoms with E-state index in [-0.39, 0.29) is 12.5 Å². The molecule has 0 fully saturated rings. The first-order valence-corrected chi connectivity index (χ1v) is 6.22. The number of nitrogens with one attached hydrogen (secondary N) is 1. The van der Waals surface area contributed by atoms with Crippen LogP contribution in [0.3, 0.4) is 0 Å². The van der Waals surface area contributed by atoms with E-state index in [1.807, 2.05) is 31.2 Å². The zero-order valence-corrected chi connectivity index (χ0v) is 11.6. The topological polar surface area (TPSA) is 64.3 Å². The van der Waals surface area contributed by atoms with Crippen LogP contribution in [-0.4, -0.2) is 25.2 Å². The zero-order valence-electron chi connectivity index (χ0n) is 11.6. The van der Waals surface area contributed by atoms with Crippen LogP contribution >= 0.6 is 0 Å². The minimum absolute atomic E-state index is 0.181. The number of para-hydroxylation sites is 1. The van der Waals surface area contributed by atoms with E-state index in [4.69, 9.17) is 10.5 Å². The van der Waals surface area contributed by atoms with E-state index in [9.17, 15) is 4.79 Å². The predicted octanol–water partition coefficient (Wildman–Crippen LogP) is 1.75. The standard InChI is InChI=1S/C15H20N2O2/c1-4-15(2,19-3)14(18)17-13-10-6-5-8-12(13)9-7-11-16/h5-6,8,10H,4,11,16H2,1-3H3,(H,17,18). The first kappa shape index (κ1) is 15.2. The van der Waals surface area contributed by atoms with Gasteiger partial charge >= 0.3 is 0 Å². The molecule has 0 heterocycles. The molecule has 4 heteroatoms. The lowest BCUT2D eigenvalue weighted by atomic mass is 10.0. The predicted molar refractivity (Wildman–Crippen MR) is 76.7 cm³/mol. The molecule has 1 aromatic rings. The minimum Gasteiger partial charge on any atom is -0.369 e. The summed E-state index contributed by atoms with van der Waals surface area (Å²) >= 11 is 0. The third-order valence-electron chi connectivity index (χ3n) is 3.11. The van der Waals surface area contributed by atoms with Crippen LogP contribution < -0.4 is 11.1 Å². The van der Waals surface area contributed by atoms with Crippen molar-refractivity contribution in [3.8, 4) is 11.8 Å². The van der Waals surface area contributed by atoms with E-state index in [0.29, 0.717) is 12.1 Å². The highest BCUT2D eigenvalue weighted by Gasteiger charge is 2.31. The molecule has 102 valence electrons. The SMILES string of the molecule is CCC(C)(OC)C(=O)Nc1ccccc1C#CCN. The van der Waals surface area contributed by atoms with Crippen LogP contribution in [0.4, 0.5) is 5.69 Å². The molecule has 1 aromatic carbocycles. The van der Waals surface area contributed by atoms with E-state index in [2.05, 4.69) is 17.2 Å². The Bertz CT molecular complexity index is 496. The molecule has 0 aliphatic carbocycles. The summed E-state index contributed by atoms with van der Waals surface area (Å²) < 4.78 is 5.27. The summed E-state index contributed by atoms with van der Waals surface area (Å²) in [5.41, 5.74) is 5.94. The summed E-state index contributed by atoms with van der Waals surface area (Å²) in [6.07, 6.45) is 0.589. The number of nitrogens with two attached hydrogens (primary N) is 1. The van der Waals surface area contributed by atoms with Gasteiger partial charge in [-0.15, -0.1) is 0 Å². The average molecular weight is 260 g/mol. The summed E-state index contributed by atoms with van der Waals surface area (Å²) in [5.74, 6) is 5.53. The van der Waals surface area contributed by atoms with Gasteiger partial charge in [-0.25, -0.2) is 0 Å². The molecular formula is C15H20N2O2. The maximum atomic E-state index is 12.2. The Morgan fingerprint density at radius 1 is 1.47 bits per heavy atom. The second-order valence-electron chi connectivity index (χ2n) is 4.29. The van der Waals surface area contributed by atoms with Gasteiger partial charge in [0.1, 0.15) is 5.60 Å². The number of methoxy groups -OCH3 is 1. The normalized spacial score (nSPS) is 13.1. The molecule has 3 N–H and O–H groups in total. The number of hydrogen-bond acceptors (Lipinski definition) is 3. The Hall–Kier alpha value is -1.83. The first-order valence-electron chi connectivity index (χ1n) is 6.22. The van der Waals surface area contributed by atoms with Crippen molar-refractivity contribution >= 4 is 11.6 Å². The molecule has 0 spiro atoms. The molecule has 1 atom stereocenters. The molecule has 1 unspecified atom stereocenters. The summed E-state index contributed by atoms with van der Waals surface area (Å²) in [5, 5.41) is 2.85. The Morgan fingerprint density at radius 3 is 2.74 bits per heavy atom. The largest absolute Gasteiger partial charge is 0.369 e. The van der Waals surface area contributed by atoms with Crippen molar-refractivity contribution in [1.29, 1.82) is 0 Å². The van der Waals surface area contributed by atoms with Gasteiger partial charge in [-0.3, -0.25) is 4.79 Å². The molecule has 0 radical (unpaired) electrons. The van der Waals surface area contributed by atoms with Gasteiger partial charge in [0, 0.05) is 12.7 Å². The maximum Gasteiger partial charge on any atom is 0.256 e. The van der Waals surface area contributed by atoms with Crippen molar-refractivity contribution in [2.75, 3.05) is 19.0 Å². The quantitative estimate of drug-likeness (QED) is 0.811. The van der Waals surface area contributed by atoms with Gasteiger partial charge in [-0.1, -0.05) is 30.9 Å². The van der Waals surface area contributed by atoms with Crippen LogP contribution in [0.2, 0.25) is 0 Å². The van der Waals surface area contributed by atoms with Gasteiger partial charge in [0.25, 0.3) is 5.91 Å². The van der Waals surface area contributed by atoms with Crippen LogP contribution in [0.1, 0.15) is 25.8 Å². The second kappa shape index (κ2) is 6.93. The summed E-state index contributed by atoms with van der Waals surface area (Å²) in [7, 11) is 1.53. The molecule has 0 saturated carbocycles. The zero-order chi connectivity index (χ0) is 14.3. The fraction of sp³-hybridized carbons (Fsp3) is 0.400. The molecule has 0 saturated heterocycles. The third kappa shape index (κ3) is 3.82. The number of amides is 1. The van der Waals surface area contributed by atoms with E-state index in [1.54, 1.807) is 6.92 Å². The first-order chi connectivity index (χ1) is 9.07. The molecule has 1 rings (SSSR count). The van der Waals surface area contributed by atoms with E-state index in [1.165, 1.54) is 7.11 Å². The molecule has 0 aliphatic heterocycles. The van der Waals surface area contributed by atoms with Crippen LogP contribution in [0.5, 0.6) is 0 Å². The van der Waals surface area contributed by atoms with E-state index in [0.717, 1.165) is 5.56 Å². The average Bonchev–Trinajstić information content (AvgIpc) is 2.45. The molecule has 4 nitrogen and oxygen atoms in total. The highest BCUT2D eigenvalue weighted by molar-refractivity contribution is 5.98. The Labute approximate surface area is 114 Å². The van der Waals surface area contributed by atoms with Crippen LogP contribution in [0.25, 0.3) is 0 Å². The lowest BCUT2D eigenvalue weighted by Crippen LogP contribution is -2.41. The van der Waals surface area contributed by atoms with Gasteiger partial charge in [-0.05, 0) is 25.5 Å². The maximum absolute atomic E-state index is 12.2. The van der Waals surface area contributed by atoms with Crippen LogP contribution in [-0.2, 0) is 9.53 Å². The minimum atomic E-state index is -0.839. The van der Waals surface area contributed by atoms with Crippen molar-refractivity contribution < 1.29 is 9.53 Å². The number of anilines is 1. The van der Waals surface area contributed by atoms with Gasteiger partial charge in [0.2, 0.25) is 0 Å². The molecule has 0 aromatic heterocycles. The summed E-state index contributed by atoms with van der Waals surface area (Å²) in [6, 6.07) is 7.36. The van der Waals surface area contributed by atoms with E-state index >= 15 is 0 Å². The Balaban J connectivity index is 2.97. The van der Waals surface area contributed by atoms with Crippen molar-refractivity contribution in [2.24, 2.45) is 5.73 Å². The number of rotatable bonds is 4. The van der Waals surface area contributed by atoms with Gasteiger partial charge in [0.05, 0.1) is 12.2 Å². The number of hydrogen-bond donors (Lipinski definition) is 2. The third-order valence-corrected chi connectivity index (χ3v) is 3.11. The van der Waals surface area contributed by atoms with Gasteiger partial charge < -0.3 is 15.8 Å². The van der Waals surface area contributed by atoms with Crippen molar-refractivity contribution in [1.82, 2.24) is 0 Å². The monoisotopic (exact) mass is 260 g/mol. The Kier molecular flexibility index (Phi) is 5.56. The number of ether oxygens (including phenoxy) is 1. The van der Waals surface area contributed by atoms with Crippen molar-refractivity contribution in [3.63, 3.8) is 0 Å². The Morgan fingerprint density at radius 2 is 2.16 bits per heavy atom. The molecule has 0 aliphatic rings. The second-order valence-corrected chi connectivity index (χ2v) is 4.29. The van der Waals surface area contributed by atoms with Crippen LogP contribution in [0, 0.1) is 11.8 Å². The van der Waals surface area contributed by atoms with Gasteiger partial charge in [0.15, 0.2) is 0 Å². The van der Waals surface area contributed by atoms with Crippen molar-refractivity contribution in [2.45, 2.75) is 25.9 Å². The molecule has 19 heavy (non-hydrogen) atoms.